The first-order valence-electron chi connectivity index (χ1n) is 5.29. The Morgan fingerprint density at radius 3 is 2.29 bits per heavy atom. The summed E-state index contributed by atoms with van der Waals surface area (Å²) in [5, 5.41) is 14.1. The lowest BCUT2D eigenvalue weighted by atomic mass is 10.0. The molecule has 0 amide bonds. The van der Waals surface area contributed by atoms with Crippen LogP contribution in [-0.4, -0.2) is 16.5 Å². The van der Waals surface area contributed by atoms with Crippen LogP contribution in [0, 0.1) is 11.3 Å². The first kappa shape index (κ1) is 15.4. The van der Waals surface area contributed by atoms with Crippen LogP contribution in [0.4, 0.5) is 13.2 Å². The fourth-order valence-corrected chi connectivity index (χ4v) is 2.39. The Kier molecular flexibility index (Phi) is 3.94. The van der Waals surface area contributed by atoms with Gasteiger partial charge in [-0.2, -0.15) is 23.5 Å². The second-order valence-electron chi connectivity index (χ2n) is 3.90. The van der Waals surface area contributed by atoms with Crippen molar-refractivity contribution in [3.8, 4) is 17.3 Å². The Balaban J connectivity index is 2.70. The van der Waals surface area contributed by atoms with Crippen LogP contribution in [0.5, 0.6) is 0 Å². The number of nitriles is 1. The summed E-state index contributed by atoms with van der Waals surface area (Å²) < 4.78 is 37.9. The Morgan fingerprint density at radius 1 is 1.29 bits per heavy atom. The van der Waals surface area contributed by atoms with Crippen LogP contribution >= 0.6 is 23.2 Å². The predicted octanol–water partition coefficient (Wildman–Crippen LogP) is 4.09. The number of aromatic amines is 1. The molecule has 0 aliphatic carbocycles. The highest BCUT2D eigenvalue weighted by atomic mass is 35.5. The van der Waals surface area contributed by atoms with Crippen LogP contribution in [0.2, 0.25) is 10.0 Å². The van der Waals surface area contributed by atoms with Crippen molar-refractivity contribution in [2.45, 2.75) is 6.18 Å². The highest BCUT2D eigenvalue weighted by Gasteiger charge is 2.32. The quantitative estimate of drug-likeness (QED) is 0.841. The second kappa shape index (κ2) is 5.39. The first-order chi connectivity index (χ1) is 9.79. The summed E-state index contributed by atoms with van der Waals surface area (Å²) in [6.45, 7) is 0. The number of nitrogens with one attached hydrogen (secondary N) is 1. The summed E-state index contributed by atoms with van der Waals surface area (Å²) in [7, 11) is 0. The van der Waals surface area contributed by atoms with Gasteiger partial charge in [-0.05, 0) is 12.1 Å². The van der Waals surface area contributed by atoms with Gasteiger partial charge in [-0.1, -0.05) is 23.2 Å². The summed E-state index contributed by atoms with van der Waals surface area (Å²) in [5.41, 5.74) is -1.38. The van der Waals surface area contributed by atoms with Crippen LogP contribution in [0.15, 0.2) is 12.1 Å². The van der Waals surface area contributed by atoms with E-state index in [9.17, 15) is 18.0 Å². The third-order valence-electron chi connectivity index (χ3n) is 2.65. The topological polar surface area (TPSA) is 69.5 Å². The molecular weight excluding hydrogens is 330 g/mol. The number of hydrogen-bond donors (Lipinski definition) is 1. The molecule has 0 fully saturated rings. The summed E-state index contributed by atoms with van der Waals surface area (Å²) in [6.07, 6.45) is -4.26. The van der Waals surface area contributed by atoms with E-state index in [0.29, 0.717) is 18.4 Å². The molecule has 0 radical (unpaired) electrons. The third-order valence-corrected chi connectivity index (χ3v) is 3.24. The molecule has 0 unspecified atom stereocenters. The van der Waals surface area contributed by atoms with Crippen molar-refractivity contribution in [2.75, 3.05) is 0 Å². The molecule has 1 aromatic heterocycles. The van der Waals surface area contributed by atoms with Crippen LogP contribution < -0.4 is 0 Å². The zero-order chi connectivity index (χ0) is 15.8. The van der Waals surface area contributed by atoms with Gasteiger partial charge >= 0.3 is 6.18 Å². The van der Waals surface area contributed by atoms with Gasteiger partial charge in [0.05, 0.1) is 26.9 Å². The van der Waals surface area contributed by atoms with Gasteiger partial charge < -0.3 is 0 Å². The van der Waals surface area contributed by atoms with Gasteiger partial charge in [0.25, 0.3) is 0 Å². The molecule has 4 nitrogen and oxygen atoms in total. The SMILES string of the molecule is N#Cc1n[nH]c(-c2c(Cl)cc(C(F)(F)F)cc2Cl)c1C=O. The molecule has 1 heterocycles. The summed E-state index contributed by atoms with van der Waals surface area (Å²) in [4.78, 5) is 11.0. The molecular formula is C12H4Cl2F3N3O. The van der Waals surface area contributed by atoms with Crippen LogP contribution in [0.25, 0.3) is 11.3 Å². The van der Waals surface area contributed by atoms with Gasteiger partial charge in [0.2, 0.25) is 0 Å². The number of H-pyrrole nitrogens is 1. The minimum Gasteiger partial charge on any atom is -0.298 e. The monoisotopic (exact) mass is 333 g/mol. The maximum absolute atomic E-state index is 12.6. The highest BCUT2D eigenvalue weighted by Crippen LogP contribution is 2.40. The molecule has 0 bridgehead atoms. The molecule has 0 aliphatic heterocycles. The average Bonchev–Trinajstić information content (AvgIpc) is 2.79. The average molecular weight is 334 g/mol. The zero-order valence-electron chi connectivity index (χ0n) is 9.92. The molecule has 0 aliphatic rings. The Morgan fingerprint density at radius 2 is 1.86 bits per heavy atom. The fourth-order valence-electron chi connectivity index (χ4n) is 1.72. The number of halogens is 5. The number of rotatable bonds is 2. The van der Waals surface area contributed by atoms with E-state index in [1.807, 2.05) is 0 Å². The molecule has 1 aromatic carbocycles. The van der Waals surface area contributed by atoms with Crippen molar-refractivity contribution in [1.82, 2.24) is 10.2 Å². The van der Waals surface area contributed by atoms with Crippen molar-refractivity contribution in [3.05, 3.63) is 39.0 Å². The van der Waals surface area contributed by atoms with Crippen LogP contribution in [0.1, 0.15) is 21.6 Å². The van der Waals surface area contributed by atoms with Gasteiger partial charge in [0.1, 0.15) is 6.07 Å². The number of benzene rings is 1. The maximum Gasteiger partial charge on any atom is 0.416 e. The summed E-state index contributed by atoms with van der Waals surface area (Å²) >= 11 is 11.7. The Labute approximate surface area is 126 Å². The smallest absolute Gasteiger partial charge is 0.298 e. The molecule has 2 rings (SSSR count). The van der Waals surface area contributed by atoms with Crippen LogP contribution in [-0.2, 0) is 6.18 Å². The zero-order valence-corrected chi connectivity index (χ0v) is 11.4. The lowest BCUT2D eigenvalue weighted by Crippen LogP contribution is -2.05. The highest BCUT2D eigenvalue weighted by molar-refractivity contribution is 6.39. The van der Waals surface area contributed by atoms with Crippen LogP contribution in [0.3, 0.4) is 0 Å². The van der Waals surface area contributed by atoms with Crippen molar-refractivity contribution >= 4 is 29.5 Å². The normalized spacial score (nSPS) is 11.2. The van der Waals surface area contributed by atoms with Gasteiger partial charge in [0.15, 0.2) is 12.0 Å². The molecule has 9 heteroatoms. The lowest BCUT2D eigenvalue weighted by molar-refractivity contribution is -0.137. The van der Waals surface area contributed by atoms with E-state index >= 15 is 0 Å². The fraction of sp³-hybridized carbons (Fsp3) is 0.0833. The number of alkyl halides is 3. The van der Waals surface area contributed by atoms with Crippen molar-refractivity contribution in [2.24, 2.45) is 0 Å². The van der Waals surface area contributed by atoms with Gasteiger partial charge in [-0.3, -0.25) is 9.89 Å². The van der Waals surface area contributed by atoms with Crippen molar-refractivity contribution in [3.63, 3.8) is 0 Å². The van der Waals surface area contributed by atoms with Crippen molar-refractivity contribution in [1.29, 1.82) is 5.26 Å². The molecule has 0 saturated carbocycles. The Hall–Kier alpha value is -2.04. The van der Waals surface area contributed by atoms with Gasteiger partial charge in [0, 0.05) is 5.56 Å². The minimum atomic E-state index is -4.61. The van der Waals surface area contributed by atoms with E-state index in [1.54, 1.807) is 6.07 Å². The number of aromatic nitrogens is 2. The number of nitrogens with zero attached hydrogens (tertiary/aromatic N) is 2. The predicted molar refractivity (Wildman–Crippen MR) is 69.1 cm³/mol. The first-order valence-corrected chi connectivity index (χ1v) is 6.05. The largest absolute Gasteiger partial charge is 0.416 e. The van der Waals surface area contributed by atoms with E-state index in [-0.39, 0.29) is 32.6 Å². The number of carbonyl (C=O) groups excluding carboxylic acids is 1. The van der Waals surface area contributed by atoms with E-state index in [4.69, 9.17) is 28.5 Å². The number of carbonyl (C=O) groups is 1. The molecule has 108 valence electrons. The molecule has 0 atom stereocenters. The minimum absolute atomic E-state index is 0.00901. The summed E-state index contributed by atoms with van der Waals surface area (Å²) in [6, 6.07) is 3.04. The maximum atomic E-state index is 12.6. The van der Waals surface area contributed by atoms with Gasteiger partial charge in [-0.25, -0.2) is 0 Å². The molecule has 21 heavy (non-hydrogen) atoms. The van der Waals surface area contributed by atoms with E-state index in [1.165, 1.54) is 0 Å². The van der Waals surface area contributed by atoms with Gasteiger partial charge in [-0.15, -0.1) is 0 Å². The standard InChI is InChI=1S/C12H4Cl2F3N3O/c13-7-1-5(12(15,16)17)2-8(14)10(7)11-6(4-21)9(3-18)19-20-11/h1-2,4H,(H,19,20). The molecule has 0 saturated heterocycles. The van der Waals surface area contributed by atoms with Crippen molar-refractivity contribution < 1.29 is 18.0 Å². The number of hydrogen-bond acceptors (Lipinski definition) is 3. The molecule has 1 N–H and O–H groups in total. The second-order valence-corrected chi connectivity index (χ2v) is 4.72. The van der Waals surface area contributed by atoms with E-state index in [2.05, 4.69) is 10.2 Å². The van der Waals surface area contributed by atoms with E-state index < -0.39 is 11.7 Å². The summed E-state index contributed by atoms with van der Waals surface area (Å²) in [5.74, 6) is 0. The van der Waals surface area contributed by atoms with E-state index in [0.717, 1.165) is 0 Å². The third kappa shape index (κ3) is 2.73. The lowest BCUT2D eigenvalue weighted by Gasteiger charge is -2.11. The molecule has 2 aromatic rings. The Bertz CT molecular complexity index is 739. The molecule has 0 spiro atoms. The number of aldehydes is 1.